The van der Waals surface area contributed by atoms with Gasteiger partial charge in [-0.2, -0.15) is 0 Å². The number of imidazole rings is 1. The number of nitrogen functional groups attached to an aromatic ring is 1. The maximum atomic E-state index is 6.05. The SMILES string of the molecule is Cc1cc2c(cc1N)N(Cc1cn3ccsc3n1)CC2. The summed E-state index contributed by atoms with van der Waals surface area (Å²) in [7, 11) is 0. The number of aryl methyl sites for hydroxylation is 1. The first-order valence-corrected chi connectivity index (χ1v) is 7.64. The third-order valence-electron chi connectivity index (χ3n) is 3.96. The number of aromatic nitrogens is 2. The zero-order valence-corrected chi connectivity index (χ0v) is 12.2. The smallest absolute Gasteiger partial charge is 0.193 e. The monoisotopic (exact) mass is 284 g/mol. The van der Waals surface area contributed by atoms with Crippen molar-refractivity contribution < 1.29 is 0 Å². The lowest BCUT2D eigenvalue weighted by Crippen LogP contribution is -2.20. The number of nitrogens with two attached hydrogens (primary N) is 1. The number of benzene rings is 1. The molecule has 0 bridgehead atoms. The molecule has 0 atom stereocenters. The van der Waals surface area contributed by atoms with Crippen molar-refractivity contribution in [2.45, 2.75) is 19.9 Å². The standard InChI is InChI=1S/C15H16N4S/c1-10-6-11-2-3-18(14(11)7-13(10)16)8-12-9-19-4-5-20-15(19)17-12/h4-7,9H,2-3,8,16H2,1H3. The molecule has 4 nitrogen and oxygen atoms in total. The Balaban J connectivity index is 1.65. The van der Waals surface area contributed by atoms with Gasteiger partial charge in [0.2, 0.25) is 0 Å². The van der Waals surface area contributed by atoms with E-state index in [1.54, 1.807) is 11.3 Å². The molecule has 5 heteroatoms. The van der Waals surface area contributed by atoms with Gasteiger partial charge in [0.25, 0.3) is 0 Å². The molecule has 0 radical (unpaired) electrons. The highest BCUT2D eigenvalue weighted by Crippen LogP contribution is 2.33. The molecule has 0 saturated carbocycles. The van der Waals surface area contributed by atoms with E-state index in [1.165, 1.54) is 16.8 Å². The molecule has 0 unspecified atom stereocenters. The summed E-state index contributed by atoms with van der Waals surface area (Å²) in [6.07, 6.45) is 5.26. The summed E-state index contributed by atoms with van der Waals surface area (Å²) in [5.74, 6) is 0. The van der Waals surface area contributed by atoms with Crippen molar-refractivity contribution in [3.63, 3.8) is 0 Å². The molecule has 0 amide bonds. The first kappa shape index (κ1) is 11.8. The van der Waals surface area contributed by atoms with Gasteiger partial charge in [0.15, 0.2) is 4.96 Å². The lowest BCUT2D eigenvalue weighted by molar-refractivity contribution is 0.820. The molecule has 1 aliphatic rings. The second kappa shape index (κ2) is 4.24. The Hall–Kier alpha value is -2.01. The van der Waals surface area contributed by atoms with E-state index in [2.05, 4.69) is 51.1 Å². The van der Waals surface area contributed by atoms with E-state index in [0.29, 0.717) is 0 Å². The van der Waals surface area contributed by atoms with Crippen molar-refractivity contribution >= 4 is 27.7 Å². The molecule has 1 aromatic carbocycles. The summed E-state index contributed by atoms with van der Waals surface area (Å²) < 4.78 is 2.08. The fourth-order valence-electron chi connectivity index (χ4n) is 2.85. The van der Waals surface area contributed by atoms with E-state index in [-0.39, 0.29) is 0 Å². The number of fused-ring (bicyclic) bond motifs is 2. The maximum absolute atomic E-state index is 6.05. The van der Waals surface area contributed by atoms with Crippen LogP contribution >= 0.6 is 11.3 Å². The van der Waals surface area contributed by atoms with Crippen molar-refractivity contribution in [1.82, 2.24) is 9.38 Å². The van der Waals surface area contributed by atoms with Gasteiger partial charge in [0.05, 0.1) is 12.2 Å². The topological polar surface area (TPSA) is 46.6 Å². The van der Waals surface area contributed by atoms with E-state index in [1.807, 2.05) is 0 Å². The van der Waals surface area contributed by atoms with Crippen LogP contribution in [-0.4, -0.2) is 15.9 Å². The highest BCUT2D eigenvalue weighted by atomic mass is 32.1. The van der Waals surface area contributed by atoms with Crippen LogP contribution in [-0.2, 0) is 13.0 Å². The fraction of sp³-hybridized carbons (Fsp3) is 0.267. The average molecular weight is 284 g/mol. The highest BCUT2D eigenvalue weighted by Gasteiger charge is 2.21. The van der Waals surface area contributed by atoms with Crippen LogP contribution in [0.15, 0.2) is 29.9 Å². The van der Waals surface area contributed by atoms with E-state index in [0.717, 1.165) is 35.9 Å². The number of thiazole rings is 1. The summed E-state index contributed by atoms with van der Waals surface area (Å²) in [5.41, 5.74) is 11.9. The van der Waals surface area contributed by atoms with Crippen LogP contribution < -0.4 is 10.6 Å². The van der Waals surface area contributed by atoms with Crippen LogP contribution in [0.1, 0.15) is 16.8 Å². The number of anilines is 2. The quantitative estimate of drug-likeness (QED) is 0.736. The lowest BCUT2D eigenvalue weighted by Gasteiger charge is -2.18. The van der Waals surface area contributed by atoms with Gasteiger partial charge in [-0.15, -0.1) is 11.3 Å². The van der Waals surface area contributed by atoms with Gasteiger partial charge in [-0.3, -0.25) is 4.40 Å². The van der Waals surface area contributed by atoms with Crippen LogP contribution in [0.5, 0.6) is 0 Å². The highest BCUT2D eigenvalue weighted by molar-refractivity contribution is 7.15. The van der Waals surface area contributed by atoms with Crippen LogP contribution in [0.3, 0.4) is 0 Å². The van der Waals surface area contributed by atoms with Gasteiger partial charge in [0, 0.05) is 35.7 Å². The molecule has 4 rings (SSSR count). The summed E-state index contributed by atoms with van der Waals surface area (Å²) in [4.78, 5) is 8.09. The van der Waals surface area contributed by atoms with Crippen molar-refractivity contribution in [1.29, 1.82) is 0 Å². The molecule has 1 aliphatic heterocycles. The molecule has 2 aromatic heterocycles. The van der Waals surface area contributed by atoms with Crippen molar-refractivity contribution in [3.8, 4) is 0 Å². The molecule has 0 aliphatic carbocycles. The summed E-state index contributed by atoms with van der Waals surface area (Å²) >= 11 is 1.67. The molecule has 3 aromatic rings. The zero-order valence-electron chi connectivity index (χ0n) is 11.3. The second-order valence-electron chi connectivity index (χ2n) is 5.33. The Kier molecular flexibility index (Phi) is 2.50. The van der Waals surface area contributed by atoms with E-state index < -0.39 is 0 Å². The molecular weight excluding hydrogens is 268 g/mol. The Morgan fingerprint density at radius 1 is 1.40 bits per heavy atom. The largest absolute Gasteiger partial charge is 0.398 e. The molecule has 102 valence electrons. The lowest BCUT2D eigenvalue weighted by atomic mass is 10.1. The number of rotatable bonds is 2. The second-order valence-corrected chi connectivity index (χ2v) is 6.21. The maximum Gasteiger partial charge on any atom is 0.193 e. The van der Waals surface area contributed by atoms with Crippen LogP contribution in [0.4, 0.5) is 11.4 Å². The minimum atomic E-state index is 0.851. The summed E-state index contributed by atoms with van der Waals surface area (Å²) in [6.45, 7) is 3.97. The first-order valence-electron chi connectivity index (χ1n) is 6.76. The molecule has 0 saturated heterocycles. The summed E-state index contributed by atoms with van der Waals surface area (Å²) in [5, 5.41) is 2.06. The molecule has 2 N–H and O–H groups in total. The van der Waals surface area contributed by atoms with Gasteiger partial charge in [0.1, 0.15) is 0 Å². The van der Waals surface area contributed by atoms with Crippen LogP contribution in [0.2, 0.25) is 0 Å². The number of hydrogen-bond donors (Lipinski definition) is 1. The minimum absolute atomic E-state index is 0.851. The third kappa shape index (κ3) is 1.78. The molecule has 20 heavy (non-hydrogen) atoms. The predicted molar refractivity (Wildman–Crippen MR) is 83.4 cm³/mol. The van der Waals surface area contributed by atoms with Gasteiger partial charge in [-0.25, -0.2) is 4.98 Å². The Labute approximate surface area is 121 Å². The summed E-state index contributed by atoms with van der Waals surface area (Å²) in [6, 6.07) is 4.33. The molecule has 3 heterocycles. The molecular formula is C15H16N4S. The Morgan fingerprint density at radius 3 is 3.15 bits per heavy atom. The van der Waals surface area contributed by atoms with Gasteiger partial charge < -0.3 is 10.6 Å². The first-order chi connectivity index (χ1) is 9.70. The van der Waals surface area contributed by atoms with Gasteiger partial charge in [-0.05, 0) is 30.5 Å². The van der Waals surface area contributed by atoms with Crippen LogP contribution in [0.25, 0.3) is 4.96 Å². The average Bonchev–Trinajstić information content (AvgIpc) is 3.07. The Bertz CT molecular complexity index is 758. The number of hydrogen-bond acceptors (Lipinski definition) is 4. The Morgan fingerprint density at radius 2 is 2.30 bits per heavy atom. The van der Waals surface area contributed by atoms with E-state index >= 15 is 0 Å². The van der Waals surface area contributed by atoms with Crippen LogP contribution in [0, 0.1) is 6.92 Å². The molecule has 0 spiro atoms. The number of nitrogens with zero attached hydrogens (tertiary/aromatic N) is 3. The van der Waals surface area contributed by atoms with Gasteiger partial charge in [-0.1, -0.05) is 6.07 Å². The van der Waals surface area contributed by atoms with Crippen molar-refractivity contribution in [2.75, 3.05) is 17.2 Å². The van der Waals surface area contributed by atoms with Gasteiger partial charge >= 0.3 is 0 Å². The minimum Gasteiger partial charge on any atom is -0.398 e. The van der Waals surface area contributed by atoms with Crippen molar-refractivity contribution in [2.24, 2.45) is 0 Å². The van der Waals surface area contributed by atoms with E-state index in [9.17, 15) is 0 Å². The van der Waals surface area contributed by atoms with Crippen molar-refractivity contribution in [3.05, 3.63) is 46.7 Å². The van der Waals surface area contributed by atoms with E-state index in [4.69, 9.17) is 5.73 Å². The zero-order chi connectivity index (χ0) is 13.7. The third-order valence-corrected chi connectivity index (χ3v) is 4.73. The predicted octanol–water partition coefficient (Wildman–Crippen LogP) is 2.85. The molecule has 0 fully saturated rings. The normalized spacial score (nSPS) is 14.2. The fourth-order valence-corrected chi connectivity index (χ4v) is 3.57.